The van der Waals surface area contributed by atoms with E-state index < -0.39 is 0 Å². The Morgan fingerprint density at radius 2 is 2.33 bits per heavy atom. The molecule has 1 aliphatic heterocycles. The fraction of sp³-hybridized carbons (Fsp3) is 0.500. The normalized spacial score (nSPS) is 23.7. The maximum absolute atomic E-state index is 9.40. The van der Waals surface area contributed by atoms with Crippen LogP contribution in [0.1, 0.15) is 24.4 Å². The number of rotatable bonds is 2. The van der Waals surface area contributed by atoms with Gasteiger partial charge in [-0.25, -0.2) is 0 Å². The fourth-order valence-electron chi connectivity index (χ4n) is 2.05. The number of nitrogens with two attached hydrogens (primary N) is 1. The lowest BCUT2D eigenvalue weighted by atomic mass is 9.91. The van der Waals surface area contributed by atoms with E-state index in [2.05, 4.69) is 0 Å². The van der Waals surface area contributed by atoms with Crippen LogP contribution < -0.4 is 5.73 Å². The van der Waals surface area contributed by atoms with Crippen molar-refractivity contribution in [2.24, 2.45) is 11.7 Å². The second-order valence-electron chi connectivity index (χ2n) is 4.10. The van der Waals surface area contributed by atoms with E-state index in [-0.39, 0.29) is 6.04 Å². The number of thioether (sulfide) groups is 1. The van der Waals surface area contributed by atoms with Gasteiger partial charge in [0, 0.05) is 6.04 Å². The van der Waals surface area contributed by atoms with Crippen LogP contribution in [0.15, 0.2) is 24.3 Å². The highest BCUT2D eigenvalue weighted by atomic mass is 32.2. The Kier molecular flexibility index (Phi) is 3.54. The van der Waals surface area contributed by atoms with E-state index in [9.17, 15) is 5.11 Å². The first-order valence-corrected chi connectivity index (χ1v) is 6.55. The highest BCUT2D eigenvalue weighted by Crippen LogP contribution is 2.32. The number of hydrogen-bond acceptors (Lipinski definition) is 3. The second kappa shape index (κ2) is 4.90. The third-order valence-electron chi connectivity index (χ3n) is 2.96. The summed E-state index contributed by atoms with van der Waals surface area (Å²) in [6.45, 7) is 0. The Balaban J connectivity index is 2.08. The average molecular weight is 223 g/mol. The van der Waals surface area contributed by atoms with Crippen molar-refractivity contribution in [2.45, 2.75) is 18.9 Å². The molecule has 1 aliphatic rings. The molecule has 2 atom stereocenters. The third-order valence-corrected chi connectivity index (χ3v) is 4.20. The topological polar surface area (TPSA) is 46.2 Å². The zero-order valence-electron chi connectivity index (χ0n) is 8.73. The molecule has 0 saturated carbocycles. The first-order chi connectivity index (χ1) is 7.27. The van der Waals surface area contributed by atoms with Crippen molar-refractivity contribution in [1.82, 2.24) is 0 Å². The Morgan fingerprint density at radius 3 is 3.00 bits per heavy atom. The zero-order chi connectivity index (χ0) is 10.7. The van der Waals surface area contributed by atoms with Gasteiger partial charge in [-0.15, -0.1) is 0 Å². The molecule has 1 saturated heterocycles. The van der Waals surface area contributed by atoms with Gasteiger partial charge in [0.2, 0.25) is 0 Å². The summed E-state index contributed by atoms with van der Waals surface area (Å²) < 4.78 is 0. The van der Waals surface area contributed by atoms with Gasteiger partial charge in [-0.1, -0.05) is 12.1 Å². The van der Waals surface area contributed by atoms with Crippen molar-refractivity contribution in [3.8, 4) is 5.75 Å². The van der Waals surface area contributed by atoms with Crippen LogP contribution in [0.5, 0.6) is 5.75 Å². The van der Waals surface area contributed by atoms with Crippen molar-refractivity contribution < 1.29 is 5.11 Å². The predicted octanol–water partition coefficient (Wildman–Crippen LogP) is 2.54. The lowest BCUT2D eigenvalue weighted by Gasteiger charge is -2.27. The summed E-state index contributed by atoms with van der Waals surface area (Å²) in [4.78, 5) is 0. The molecule has 3 N–H and O–H groups in total. The number of aromatic hydroxyl groups is 1. The first-order valence-electron chi connectivity index (χ1n) is 5.39. The summed E-state index contributed by atoms with van der Waals surface area (Å²) >= 11 is 1.99. The minimum Gasteiger partial charge on any atom is -0.508 e. The lowest BCUT2D eigenvalue weighted by Crippen LogP contribution is -2.25. The van der Waals surface area contributed by atoms with Gasteiger partial charge >= 0.3 is 0 Å². The lowest BCUT2D eigenvalue weighted by molar-refractivity contribution is 0.429. The summed E-state index contributed by atoms with van der Waals surface area (Å²) in [7, 11) is 0. The highest BCUT2D eigenvalue weighted by Gasteiger charge is 2.22. The summed E-state index contributed by atoms with van der Waals surface area (Å²) in [5, 5.41) is 9.40. The Bertz CT molecular complexity index is 323. The van der Waals surface area contributed by atoms with E-state index in [4.69, 9.17) is 5.73 Å². The van der Waals surface area contributed by atoms with Gasteiger partial charge in [-0.3, -0.25) is 0 Å². The molecular formula is C12H17NOS. The molecule has 0 radical (unpaired) electrons. The molecule has 1 aromatic carbocycles. The minimum absolute atomic E-state index is 0.0740. The van der Waals surface area contributed by atoms with E-state index in [1.54, 1.807) is 12.1 Å². The number of phenols is 1. The van der Waals surface area contributed by atoms with Gasteiger partial charge in [0.05, 0.1) is 0 Å². The van der Waals surface area contributed by atoms with E-state index >= 15 is 0 Å². The molecule has 0 bridgehead atoms. The highest BCUT2D eigenvalue weighted by molar-refractivity contribution is 7.99. The third kappa shape index (κ3) is 2.67. The fourth-order valence-corrected chi connectivity index (χ4v) is 3.27. The van der Waals surface area contributed by atoms with Crippen molar-refractivity contribution in [3.05, 3.63) is 29.8 Å². The molecular weight excluding hydrogens is 206 g/mol. The molecule has 0 spiro atoms. The van der Waals surface area contributed by atoms with Crippen LogP contribution in [0.3, 0.4) is 0 Å². The van der Waals surface area contributed by atoms with Gasteiger partial charge in [-0.2, -0.15) is 11.8 Å². The van der Waals surface area contributed by atoms with Gasteiger partial charge in [-0.05, 0) is 48.0 Å². The molecule has 82 valence electrons. The van der Waals surface area contributed by atoms with Crippen LogP contribution in [0.25, 0.3) is 0 Å². The van der Waals surface area contributed by atoms with Crippen molar-refractivity contribution in [2.75, 3.05) is 11.5 Å². The van der Waals surface area contributed by atoms with Crippen molar-refractivity contribution >= 4 is 11.8 Å². The zero-order valence-corrected chi connectivity index (χ0v) is 9.54. The first kappa shape index (κ1) is 10.8. The molecule has 1 aromatic rings. The Hall–Kier alpha value is -0.670. The molecule has 2 nitrogen and oxygen atoms in total. The maximum Gasteiger partial charge on any atom is 0.115 e. The molecule has 0 amide bonds. The number of phenolic OH excluding ortho intramolecular Hbond substituents is 1. The van der Waals surface area contributed by atoms with E-state index in [0.717, 1.165) is 11.3 Å². The quantitative estimate of drug-likeness (QED) is 0.810. The van der Waals surface area contributed by atoms with E-state index in [0.29, 0.717) is 11.7 Å². The van der Waals surface area contributed by atoms with Gasteiger partial charge in [0.1, 0.15) is 5.75 Å². The van der Waals surface area contributed by atoms with Crippen LogP contribution in [0, 0.1) is 5.92 Å². The van der Waals surface area contributed by atoms with Crippen LogP contribution in [-0.4, -0.2) is 16.6 Å². The SMILES string of the molecule is NC(c1cccc(O)c1)C1CCCSC1. The molecule has 2 unspecified atom stereocenters. The summed E-state index contributed by atoms with van der Waals surface area (Å²) in [5.41, 5.74) is 7.27. The molecule has 1 fully saturated rings. The largest absolute Gasteiger partial charge is 0.508 e. The van der Waals surface area contributed by atoms with Gasteiger partial charge in [0.15, 0.2) is 0 Å². The molecule has 2 rings (SSSR count). The summed E-state index contributed by atoms with van der Waals surface area (Å²) in [5.74, 6) is 3.29. The standard InChI is InChI=1S/C12H17NOS/c13-12(10-4-2-6-15-8-10)9-3-1-5-11(14)7-9/h1,3,5,7,10,12,14H,2,4,6,8,13H2. The molecule has 0 aromatic heterocycles. The molecule has 3 heteroatoms. The van der Waals surface area contributed by atoms with E-state index in [1.807, 2.05) is 23.9 Å². The van der Waals surface area contributed by atoms with Crippen LogP contribution in [-0.2, 0) is 0 Å². The predicted molar refractivity (Wildman–Crippen MR) is 65.1 cm³/mol. The Labute approximate surface area is 94.9 Å². The molecule has 15 heavy (non-hydrogen) atoms. The van der Waals surface area contributed by atoms with Gasteiger partial charge in [0.25, 0.3) is 0 Å². The maximum atomic E-state index is 9.40. The van der Waals surface area contributed by atoms with Crippen LogP contribution >= 0.6 is 11.8 Å². The smallest absolute Gasteiger partial charge is 0.115 e. The van der Waals surface area contributed by atoms with Crippen molar-refractivity contribution in [1.29, 1.82) is 0 Å². The summed E-state index contributed by atoms with van der Waals surface area (Å²) in [6.07, 6.45) is 2.48. The van der Waals surface area contributed by atoms with Crippen LogP contribution in [0.4, 0.5) is 0 Å². The number of benzene rings is 1. The second-order valence-corrected chi connectivity index (χ2v) is 5.25. The average Bonchev–Trinajstić information content (AvgIpc) is 2.29. The molecule has 1 heterocycles. The minimum atomic E-state index is 0.0740. The Morgan fingerprint density at radius 1 is 1.47 bits per heavy atom. The molecule has 0 aliphatic carbocycles. The van der Waals surface area contributed by atoms with Crippen LogP contribution in [0.2, 0.25) is 0 Å². The van der Waals surface area contributed by atoms with Gasteiger partial charge < -0.3 is 10.8 Å². The number of hydrogen-bond donors (Lipinski definition) is 2. The monoisotopic (exact) mass is 223 g/mol. The summed E-state index contributed by atoms with van der Waals surface area (Å²) in [6, 6.07) is 7.41. The van der Waals surface area contributed by atoms with E-state index in [1.165, 1.54) is 18.6 Å². The van der Waals surface area contributed by atoms with Crippen molar-refractivity contribution in [3.63, 3.8) is 0 Å².